The van der Waals surface area contributed by atoms with E-state index >= 15 is 0 Å². The summed E-state index contributed by atoms with van der Waals surface area (Å²) in [6, 6.07) is 0. The van der Waals surface area contributed by atoms with Gasteiger partial charge in [-0.2, -0.15) is 0 Å². The fraction of sp³-hybridized carbons (Fsp3) is 0.929. The zero-order valence-corrected chi connectivity index (χ0v) is 12.0. The first-order chi connectivity index (χ1) is 9.08. The van der Waals surface area contributed by atoms with Crippen LogP contribution in [0, 0.1) is 5.92 Å². The molecular formula is C14H26N2O3. The Labute approximate surface area is 115 Å². The largest absolute Gasteiger partial charge is 0.480 e. The van der Waals surface area contributed by atoms with Crippen LogP contribution in [0.3, 0.4) is 0 Å². The molecule has 0 bridgehead atoms. The molecule has 110 valence electrons. The second-order valence-corrected chi connectivity index (χ2v) is 5.89. The molecule has 1 aliphatic heterocycles. The average Bonchev–Trinajstić information content (AvgIpc) is 3.18. The van der Waals surface area contributed by atoms with E-state index in [1.54, 1.807) is 0 Å². The highest BCUT2D eigenvalue weighted by Crippen LogP contribution is 2.40. The maximum atomic E-state index is 11.8. The summed E-state index contributed by atoms with van der Waals surface area (Å²) in [6.45, 7) is 7.85. The Morgan fingerprint density at radius 1 is 1.53 bits per heavy atom. The van der Waals surface area contributed by atoms with Gasteiger partial charge in [0.2, 0.25) is 0 Å². The molecule has 1 heterocycles. The second kappa shape index (κ2) is 6.20. The lowest BCUT2D eigenvalue weighted by Gasteiger charge is -2.39. The molecule has 0 aromatic heterocycles. The van der Waals surface area contributed by atoms with E-state index in [1.165, 1.54) is 0 Å². The smallest absolute Gasteiger partial charge is 0.325 e. The molecule has 5 heteroatoms. The fourth-order valence-electron chi connectivity index (χ4n) is 2.96. The highest BCUT2D eigenvalue weighted by atomic mass is 16.5. The molecule has 1 aliphatic carbocycles. The number of carboxylic acids is 1. The molecule has 0 aromatic rings. The zero-order chi connectivity index (χ0) is 13.9. The minimum Gasteiger partial charge on any atom is -0.480 e. The summed E-state index contributed by atoms with van der Waals surface area (Å²) in [5.74, 6) is -0.405. The summed E-state index contributed by atoms with van der Waals surface area (Å²) in [4.78, 5) is 14.1. The number of nitrogens with one attached hydrogen (secondary N) is 1. The van der Waals surface area contributed by atoms with E-state index in [2.05, 4.69) is 17.1 Å². The molecule has 0 radical (unpaired) electrons. The number of carbonyl (C=O) groups is 1. The molecule has 2 rings (SSSR count). The van der Waals surface area contributed by atoms with E-state index in [-0.39, 0.29) is 12.0 Å². The molecule has 2 unspecified atom stereocenters. The van der Waals surface area contributed by atoms with Crippen LogP contribution in [-0.4, -0.2) is 60.4 Å². The van der Waals surface area contributed by atoms with Gasteiger partial charge in [0.05, 0.1) is 12.7 Å². The first-order valence-electron chi connectivity index (χ1n) is 7.41. The van der Waals surface area contributed by atoms with Crippen molar-refractivity contribution in [1.29, 1.82) is 0 Å². The van der Waals surface area contributed by atoms with Crippen molar-refractivity contribution in [3.05, 3.63) is 0 Å². The fourth-order valence-corrected chi connectivity index (χ4v) is 2.96. The first-order valence-corrected chi connectivity index (χ1v) is 7.41. The number of aliphatic carboxylic acids is 1. The van der Waals surface area contributed by atoms with E-state index in [9.17, 15) is 9.90 Å². The molecule has 2 atom stereocenters. The third kappa shape index (κ3) is 3.46. The normalized spacial score (nSPS) is 28.0. The average molecular weight is 270 g/mol. The van der Waals surface area contributed by atoms with Crippen molar-refractivity contribution in [3.63, 3.8) is 0 Å². The standard InChI is InChI=1S/C14H26N2O3/c1-3-6-15-14(13(17)18,12-4-5-12)10-16-7-8-19-11(2)9-16/h11-12,15H,3-10H2,1-2H3,(H,17,18). The molecule has 0 amide bonds. The zero-order valence-electron chi connectivity index (χ0n) is 12.0. The third-order valence-electron chi connectivity index (χ3n) is 4.14. The topological polar surface area (TPSA) is 61.8 Å². The third-order valence-corrected chi connectivity index (χ3v) is 4.14. The van der Waals surface area contributed by atoms with Crippen molar-refractivity contribution in [2.24, 2.45) is 5.92 Å². The lowest BCUT2D eigenvalue weighted by atomic mass is 9.91. The molecule has 1 saturated carbocycles. The summed E-state index contributed by atoms with van der Waals surface area (Å²) in [6.07, 6.45) is 3.22. The maximum absolute atomic E-state index is 11.8. The SMILES string of the molecule is CCCNC(CN1CCOC(C)C1)(C(=O)O)C1CC1. The summed E-state index contributed by atoms with van der Waals surface area (Å²) in [5, 5.41) is 13.1. The highest BCUT2D eigenvalue weighted by molar-refractivity contribution is 5.80. The van der Waals surface area contributed by atoms with Crippen LogP contribution in [0.4, 0.5) is 0 Å². The molecule has 1 saturated heterocycles. The lowest BCUT2D eigenvalue weighted by Crippen LogP contribution is -2.62. The predicted octanol–water partition coefficient (Wildman–Crippen LogP) is 0.940. The quantitative estimate of drug-likeness (QED) is 0.721. The van der Waals surface area contributed by atoms with Gasteiger partial charge in [-0.25, -0.2) is 0 Å². The van der Waals surface area contributed by atoms with Gasteiger partial charge in [-0.05, 0) is 38.6 Å². The van der Waals surface area contributed by atoms with Gasteiger partial charge in [-0.1, -0.05) is 6.92 Å². The van der Waals surface area contributed by atoms with Gasteiger partial charge in [0, 0.05) is 19.6 Å². The van der Waals surface area contributed by atoms with Crippen molar-refractivity contribution in [3.8, 4) is 0 Å². The first kappa shape index (κ1) is 14.8. The van der Waals surface area contributed by atoms with Gasteiger partial charge in [0.1, 0.15) is 5.54 Å². The minimum absolute atomic E-state index is 0.200. The highest BCUT2D eigenvalue weighted by Gasteiger charge is 2.51. The second-order valence-electron chi connectivity index (χ2n) is 5.89. The molecule has 0 aromatic carbocycles. The Morgan fingerprint density at radius 2 is 2.26 bits per heavy atom. The number of rotatable bonds is 7. The predicted molar refractivity (Wildman–Crippen MR) is 73.2 cm³/mol. The molecule has 2 aliphatic rings. The molecule has 2 N–H and O–H groups in total. The Morgan fingerprint density at radius 3 is 2.79 bits per heavy atom. The summed E-state index contributed by atoms with van der Waals surface area (Å²) in [7, 11) is 0. The van der Waals surface area contributed by atoms with Crippen molar-refractivity contribution < 1.29 is 14.6 Å². The van der Waals surface area contributed by atoms with Crippen LogP contribution in [0.2, 0.25) is 0 Å². The molecule has 2 fully saturated rings. The van der Waals surface area contributed by atoms with E-state index in [0.717, 1.165) is 38.9 Å². The number of ether oxygens (including phenoxy) is 1. The molecular weight excluding hydrogens is 244 g/mol. The van der Waals surface area contributed by atoms with Crippen LogP contribution in [0.1, 0.15) is 33.1 Å². The van der Waals surface area contributed by atoms with Gasteiger partial charge in [0.25, 0.3) is 0 Å². The number of carboxylic acid groups (broad SMARTS) is 1. The van der Waals surface area contributed by atoms with Crippen molar-refractivity contribution in [1.82, 2.24) is 10.2 Å². The molecule has 5 nitrogen and oxygen atoms in total. The summed E-state index contributed by atoms with van der Waals surface area (Å²) < 4.78 is 5.53. The maximum Gasteiger partial charge on any atom is 0.325 e. The van der Waals surface area contributed by atoms with Gasteiger partial charge in [-0.3, -0.25) is 9.69 Å². The number of hydrogen-bond donors (Lipinski definition) is 2. The summed E-state index contributed by atoms with van der Waals surface area (Å²) >= 11 is 0. The Kier molecular flexibility index (Phi) is 4.81. The summed E-state index contributed by atoms with van der Waals surface area (Å²) in [5.41, 5.74) is -0.757. The number of morpholine rings is 1. The Balaban J connectivity index is 2.05. The lowest BCUT2D eigenvalue weighted by molar-refractivity contribution is -0.148. The number of hydrogen-bond acceptors (Lipinski definition) is 4. The van der Waals surface area contributed by atoms with E-state index in [0.29, 0.717) is 13.2 Å². The van der Waals surface area contributed by atoms with Gasteiger partial charge in [-0.15, -0.1) is 0 Å². The van der Waals surface area contributed by atoms with Gasteiger partial charge < -0.3 is 15.2 Å². The van der Waals surface area contributed by atoms with Crippen molar-refractivity contribution in [2.75, 3.05) is 32.8 Å². The van der Waals surface area contributed by atoms with E-state index in [1.807, 2.05) is 6.92 Å². The Hall–Kier alpha value is -0.650. The van der Waals surface area contributed by atoms with Gasteiger partial charge in [0.15, 0.2) is 0 Å². The number of nitrogens with zero attached hydrogens (tertiary/aromatic N) is 1. The van der Waals surface area contributed by atoms with Crippen LogP contribution in [0.5, 0.6) is 0 Å². The van der Waals surface area contributed by atoms with Crippen LogP contribution in [0.25, 0.3) is 0 Å². The van der Waals surface area contributed by atoms with Crippen LogP contribution < -0.4 is 5.32 Å². The van der Waals surface area contributed by atoms with Crippen LogP contribution in [-0.2, 0) is 9.53 Å². The van der Waals surface area contributed by atoms with Crippen molar-refractivity contribution >= 4 is 5.97 Å². The molecule has 19 heavy (non-hydrogen) atoms. The van der Waals surface area contributed by atoms with E-state index in [4.69, 9.17) is 4.74 Å². The van der Waals surface area contributed by atoms with Crippen LogP contribution >= 0.6 is 0 Å². The van der Waals surface area contributed by atoms with Gasteiger partial charge >= 0.3 is 5.97 Å². The Bertz CT molecular complexity index is 320. The van der Waals surface area contributed by atoms with Crippen molar-refractivity contribution in [2.45, 2.75) is 44.8 Å². The molecule has 0 spiro atoms. The van der Waals surface area contributed by atoms with Crippen LogP contribution in [0.15, 0.2) is 0 Å². The monoisotopic (exact) mass is 270 g/mol. The minimum atomic E-state index is -0.757. The van der Waals surface area contributed by atoms with E-state index < -0.39 is 11.5 Å².